The van der Waals surface area contributed by atoms with Gasteiger partial charge in [-0.1, -0.05) is 19.8 Å². The smallest absolute Gasteiger partial charge is 0.234 e. The van der Waals surface area contributed by atoms with Crippen LogP contribution < -0.4 is 10.6 Å². The highest BCUT2D eigenvalue weighted by Crippen LogP contribution is 2.23. The van der Waals surface area contributed by atoms with E-state index in [1.54, 1.807) is 0 Å². The number of rotatable bonds is 7. The molecule has 1 rings (SSSR count). The van der Waals surface area contributed by atoms with Crippen LogP contribution in [-0.4, -0.2) is 50.6 Å². The Morgan fingerprint density at radius 3 is 2.72 bits per heavy atom. The topological polar surface area (TPSA) is 44.4 Å². The molecule has 0 aromatic heterocycles. The van der Waals surface area contributed by atoms with Gasteiger partial charge in [0.25, 0.3) is 0 Å². The first-order valence-corrected chi connectivity index (χ1v) is 7.26. The summed E-state index contributed by atoms with van der Waals surface area (Å²) in [6, 6.07) is 0.400. The molecule has 18 heavy (non-hydrogen) atoms. The lowest BCUT2D eigenvalue weighted by Gasteiger charge is -2.30. The lowest BCUT2D eigenvalue weighted by Crippen LogP contribution is -2.45. The fourth-order valence-corrected chi connectivity index (χ4v) is 2.63. The van der Waals surface area contributed by atoms with Gasteiger partial charge in [0.15, 0.2) is 0 Å². The van der Waals surface area contributed by atoms with Gasteiger partial charge in [-0.3, -0.25) is 9.69 Å². The summed E-state index contributed by atoms with van der Waals surface area (Å²) >= 11 is 0. The van der Waals surface area contributed by atoms with Crippen molar-refractivity contribution in [2.75, 3.05) is 33.7 Å². The van der Waals surface area contributed by atoms with E-state index < -0.39 is 0 Å². The minimum absolute atomic E-state index is 0.181. The largest absolute Gasteiger partial charge is 0.352 e. The normalized spacial score (nSPS) is 24.2. The maximum absolute atomic E-state index is 11.9. The van der Waals surface area contributed by atoms with E-state index in [0.717, 1.165) is 25.9 Å². The SMILES string of the molecule is CNCCCN(C)CC(=O)NC1CCCCC1C. The molecule has 1 aliphatic rings. The molecule has 1 aliphatic carbocycles. The van der Waals surface area contributed by atoms with Crippen molar-refractivity contribution in [2.45, 2.75) is 45.1 Å². The molecule has 0 aromatic carbocycles. The van der Waals surface area contributed by atoms with Crippen molar-refractivity contribution in [1.82, 2.24) is 15.5 Å². The molecule has 0 spiro atoms. The summed E-state index contributed by atoms with van der Waals surface area (Å²) in [7, 11) is 3.97. The molecular formula is C14H29N3O. The van der Waals surface area contributed by atoms with Gasteiger partial charge in [-0.2, -0.15) is 0 Å². The number of carbonyl (C=O) groups is 1. The Labute approximate surface area is 111 Å². The minimum Gasteiger partial charge on any atom is -0.352 e. The summed E-state index contributed by atoms with van der Waals surface area (Å²) in [5, 5.41) is 6.31. The first kappa shape index (κ1) is 15.4. The summed E-state index contributed by atoms with van der Waals surface area (Å²) in [5.74, 6) is 0.818. The van der Waals surface area contributed by atoms with E-state index in [4.69, 9.17) is 0 Å². The van der Waals surface area contributed by atoms with Crippen molar-refractivity contribution in [3.8, 4) is 0 Å². The van der Waals surface area contributed by atoms with E-state index in [9.17, 15) is 4.79 Å². The molecule has 0 bridgehead atoms. The van der Waals surface area contributed by atoms with Gasteiger partial charge in [0.2, 0.25) is 5.91 Å². The number of amides is 1. The summed E-state index contributed by atoms with van der Waals surface area (Å²) in [6.07, 6.45) is 6.06. The van der Waals surface area contributed by atoms with Crippen LogP contribution in [0.1, 0.15) is 39.0 Å². The fraction of sp³-hybridized carbons (Fsp3) is 0.929. The molecule has 0 radical (unpaired) electrons. The van der Waals surface area contributed by atoms with Crippen molar-refractivity contribution >= 4 is 5.91 Å². The van der Waals surface area contributed by atoms with Crippen LogP contribution in [0.2, 0.25) is 0 Å². The second-order valence-corrected chi connectivity index (χ2v) is 5.63. The average Bonchev–Trinajstić information content (AvgIpc) is 2.32. The molecule has 1 fully saturated rings. The van der Waals surface area contributed by atoms with Crippen LogP contribution in [-0.2, 0) is 4.79 Å². The van der Waals surface area contributed by atoms with Crippen LogP contribution >= 0.6 is 0 Å². The van der Waals surface area contributed by atoms with Crippen LogP contribution in [0.3, 0.4) is 0 Å². The molecule has 4 nitrogen and oxygen atoms in total. The van der Waals surface area contributed by atoms with Crippen LogP contribution in [0.25, 0.3) is 0 Å². The van der Waals surface area contributed by atoms with E-state index >= 15 is 0 Å². The Kier molecular flexibility index (Phi) is 7.28. The second-order valence-electron chi connectivity index (χ2n) is 5.63. The van der Waals surface area contributed by atoms with Gasteiger partial charge in [0.05, 0.1) is 6.54 Å². The van der Waals surface area contributed by atoms with E-state index in [2.05, 4.69) is 22.5 Å². The van der Waals surface area contributed by atoms with Gasteiger partial charge >= 0.3 is 0 Å². The van der Waals surface area contributed by atoms with E-state index in [0.29, 0.717) is 18.5 Å². The Morgan fingerprint density at radius 1 is 1.33 bits per heavy atom. The van der Waals surface area contributed by atoms with Crippen LogP contribution in [0.15, 0.2) is 0 Å². The summed E-state index contributed by atoms with van der Waals surface area (Å²) < 4.78 is 0. The highest BCUT2D eigenvalue weighted by atomic mass is 16.2. The maximum Gasteiger partial charge on any atom is 0.234 e. The number of hydrogen-bond donors (Lipinski definition) is 2. The predicted molar refractivity (Wildman–Crippen MR) is 75.6 cm³/mol. The molecule has 0 aliphatic heterocycles. The van der Waals surface area contributed by atoms with Crippen LogP contribution in [0, 0.1) is 5.92 Å². The van der Waals surface area contributed by atoms with E-state index in [1.165, 1.54) is 19.3 Å². The van der Waals surface area contributed by atoms with Gasteiger partial charge in [0.1, 0.15) is 0 Å². The molecule has 2 N–H and O–H groups in total. The third-order valence-electron chi connectivity index (χ3n) is 3.84. The fourth-order valence-electron chi connectivity index (χ4n) is 2.63. The molecule has 2 atom stereocenters. The Morgan fingerprint density at radius 2 is 2.06 bits per heavy atom. The Bertz CT molecular complexity index is 245. The van der Waals surface area contributed by atoms with Crippen LogP contribution in [0.4, 0.5) is 0 Å². The number of nitrogens with zero attached hydrogens (tertiary/aromatic N) is 1. The van der Waals surface area contributed by atoms with E-state index in [-0.39, 0.29) is 5.91 Å². The summed E-state index contributed by atoms with van der Waals surface area (Å²) in [5.41, 5.74) is 0. The first-order chi connectivity index (χ1) is 8.63. The van der Waals surface area contributed by atoms with Gasteiger partial charge in [-0.15, -0.1) is 0 Å². The molecule has 0 aromatic rings. The quantitative estimate of drug-likeness (QED) is 0.672. The predicted octanol–water partition coefficient (Wildman–Crippen LogP) is 1.22. The zero-order chi connectivity index (χ0) is 13.4. The summed E-state index contributed by atoms with van der Waals surface area (Å²) in [6.45, 7) is 4.74. The highest BCUT2D eigenvalue weighted by Gasteiger charge is 2.22. The number of hydrogen-bond acceptors (Lipinski definition) is 3. The van der Waals surface area contributed by atoms with Crippen molar-refractivity contribution in [1.29, 1.82) is 0 Å². The lowest BCUT2D eigenvalue weighted by atomic mass is 9.86. The molecule has 1 amide bonds. The zero-order valence-corrected chi connectivity index (χ0v) is 12.2. The lowest BCUT2D eigenvalue weighted by molar-refractivity contribution is -0.123. The molecule has 106 valence electrons. The monoisotopic (exact) mass is 255 g/mol. The molecule has 0 saturated heterocycles. The van der Waals surface area contributed by atoms with Gasteiger partial charge in [0, 0.05) is 6.04 Å². The molecule has 1 saturated carbocycles. The third-order valence-corrected chi connectivity index (χ3v) is 3.84. The summed E-state index contributed by atoms with van der Waals surface area (Å²) in [4.78, 5) is 14.0. The number of carbonyl (C=O) groups excluding carboxylic acids is 1. The average molecular weight is 255 g/mol. The van der Waals surface area contributed by atoms with Crippen molar-refractivity contribution in [3.05, 3.63) is 0 Å². The van der Waals surface area contributed by atoms with E-state index in [1.807, 2.05) is 14.1 Å². The standard InChI is InChI=1S/C14H29N3O/c1-12-7-4-5-8-13(12)16-14(18)11-17(3)10-6-9-15-2/h12-13,15H,4-11H2,1-3H3,(H,16,18). The minimum atomic E-state index is 0.181. The second kappa shape index (κ2) is 8.48. The number of likely N-dealkylation sites (N-methyl/N-ethyl adjacent to an activating group) is 1. The van der Waals surface area contributed by atoms with Crippen LogP contribution in [0.5, 0.6) is 0 Å². The molecular weight excluding hydrogens is 226 g/mol. The van der Waals surface area contributed by atoms with Crippen molar-refractivity contribution in [2.24, 2.45) is 5.92 Å². The Hall–Kier alpha value is -0.610. The number of nitrogens with one attached hydrogen (secondary N) is 2. The first-order valence-electron chi connectivity index (χ1n) is 7.26. The van der Waals surface area contributed by atoms with Gasteiger partial charge in [-0.25, -0.2) is 0 Å². The Balaban J connectivity index is 2.19. The van der Waals surface area contributed by atoms with Gasteiger partial charge in [-0.05, 0) is 52.4 Å². The van der Waals surface area contributed by atoms with Crippen molar-refractivity contribution in [3.63, 3.8) is 0 Å². The zero-order valence-electron chi connectivity index (χ0n) is 12.2. The van der Waals surface area contributed by atoms with Crippen molar-refractivity contribution < 1.29 is 4.79 Å². The van der Waals surface area contributed by atoms with Gasteiger partial charge < -0.3 is 10.6 Å². The molecule has 4 heteroatoms. The maximum atomic E-state index is 11.9. The highest BCUT2D eigenvalue weighted by molar-refractivity contribution is 5.78. The third kappa shape index (κ3) is 5.83. The molecule has 2 unspecified atom stereocenters. The molecule has 0 heterocycles.